The Morgan fingerprint density at radius 3 is 2.79 bits per heavy atom. The molecule has 6 nitrogen and oxygen atoms in total. The molecule has 2 saturated heterocycles. The average molecular weight is 428 g/mol. The van der Waals surface area contributed by atoms with Crippen LogP contribution in [0.4, 0.5) is 0 Å². The number of morpholine rings is 1. The molecule has 8 heteroatoms. The van der Waals surface area contributed by atoms with Crippen LogP contribution >= 0.6 is 23.5 Å². The fourth-order valence-corrected chi connectivity index (χ4v) is 6.35. The number of epoxide rings is 1. The Morgan fingerprint density at radius 1 is 1.07 bits per heavy atom. The van der Waals surface area contributed by atoms with Crippen molar-refractivity contribution in [2.45, 2.75) is 31.5 Å². The standard InChI is InChI=1S/C21H17NO5S2/c23-12-4-5-15-17(10-12)28-16-3-1-2-13(19(16)29-15)21-20(27-21)14(24)11-18(26-21)22-6-8-25-9-7-22/h1-5,10-11,20,23H,6-9H2. The molecule has 0 saturated carbocycles. The molecule has 0 spiro atoms. The van der Waals surface area contributed by atoms with Crippen molar-refractivity contribution in [2.24, 2.45) is 0 Å². The molecule has 4 aliphatic rings. The molecule has 2 fully saturated rings. The van der Waals surface area contributed by atoms with Crippen LogP contribution in [0, 0.1) is 0 Å². The third-order valence-corrected chi connectivity index (χ3v) is 7.99. The van der Waals surface area contributed by atoms with Gasteiger partial charge in [-0.25, -0.2) is 0 Å². The van der Waals surface area contributed by atoms with Crippen molar-refractivity contribution < 1.29 is 24.1 Å². The summed E-state index contributed by atoms with van der Waals surface area (Å²) >= 11 is 3.22. The summed E-state index contributed by atoms with van der Waals surface area (Å²) in [5.41, 5.74) is 0.878. The third kappa shape index (κ3) is 2.78. The first-order valence-corrected chi connectivity index (χ1v) is 11.0. The highest BCUT2D eigenvalue weighted by molar-refractivity contribution is 8.05. The molecule has 0 amide bonds. The number of fused-ring (bicyclic) bond motifs is 3. The largest absolute Gasteiger partial charge is 0.508 e. The van der Waals surface area contributed by atoms with Crippen LogP contribution in [0.3, 0.4) is 0 Å². The normalized spacial score (nSPS) is 27.3. The SMILES string of the molecule is O=C1C=C(N2CCOCC2)OC2(c3cccc4c3Sc3ccc(O)cc3S4)OC12. The molecule has 4 aliphatic heterocycles. The second-order valence-electron chi connectivity index (χ2n) is 7.22. The molecule has 2 aromatic carbocycles. The van der Waals surface area contributed by atoms with Gasteiger partial charge in [0.25, 0.3) is 5.79 Å². The second-order valence-corrected chi connectivity index (χ2v) is 9.36. The maximum absolute atomic E-state index is 12.7. The van der Waals surface area contributed by atoms with E-state index in [0.717, 1.165) is 25.1 Å². The van der Waals surface area contributed by atoms with Crippen LogP contribution in [0.2, 0.25) is 0 Å². The van der Waals surface area contributed by atoms with Crippen LogP contribution in [0.5, 0.6) is 5.75 Å². The van der Waals surface area contributed by atoms with E-state index in [9.17, 15) is 9.90 Å². The Bertz CT molecular complexity index is 1070. The van der Waals surface area contributed by atoms with Crippen molar-refractivity contribution >= 4 is 29.3 Å². The molecular weight excluding hydrogens is 410 g/mol. The molecule has 29 heavy (non-hydrogen) atoms. The molecule has 2 atom stereocenters. The highest BCUT2D eigenvalue weighted by atomic mass is 32.2. The Labute approximate surface area is 175 Å². The fourth-order valence-electron chi connectivity index (χ4n) is 3.91. The van der Waals surface area contributed by atoms with Crippen molar-refractivity contribution in [3.8, 4) is 5.75 Å². The smallest absolute Gasteiger partial charge is 0.275 e. The van der Waals surface area contributed by atoms with Crippen molar-refractivity contribution in [2.75, 3.05) is 26.3 Å². The zero-order valence-electron chi connectivity index (χ0n) is 15.3. The van der Waals surface area contributed by atoms with E-state index >= 15 is 0 Å². The first-order chi connectivity index (χ1) is 14.1. The molecule has 1 N–H and O–H groups in total. The number of benzene rings is 2. The van der Waals surface area contributed by atoms with E-state index in [4.69, 9.17) is 14.2 Å². The van der Waals surface area contributed by atoms with Crippen molar-refractivity contribution in [3.05, 3.63) is 53.9 Å². The van der Waals surface area contributed by atoms with Gasteiger partial charge in [-0.1, -0.05) is 35.7 Å². The van der Waals surface area contributed by atoms with Gasteiger partial charge in [-0.05, 0) is 24.3 Å². The van der Waals surface area contributed by atoms with Crippen molar-refractivity contribution in [1.82, 2.24) is 4.90 Å². The molecule has 6 rings (SSSR count). The Kier molecular flexibility index (Phi) is 3.93. The predicted molar refractivity (Wildman–Crippen MR) is 106 cm³/mol. The van der Waals surface area contributed by atoms with Crippen LogP contribution < -0.4 is 0 Å². The topological polar surface area (TPSA) is 71.5 Å². The number of nitrogens with zero attached hydrogens (tertiary/aromatic N) is 1. The third-order valence-electron chi connectivity index (χ3n) is 5.40. The maximum Gasteiger partial charge on any atom is 0.275 e. The maximum atomic E-state index is 12.7. The number of carbonyl (C=O) groups is 1. The van der Waals surface area contributed by atoms with Gasteiger partial charge < -0.3 is 24.2 Å². The monoisotopic (exact) mass is 427 g/mol. The van der Waals surface area contributed by atoms with Gasteiger partial charge in [0, 0.05) is 44.3 Å². The number of phenols is 1. The first-order valence-electron chi connectivity index (χ1n) is 9.41. The van der Waals surface area contributed by atoms with Gasteiger partial charge in [0.05, 0.1) is 13.2 Å². The summed E-state index contributed by atoms with van der Waals surface area (Å²) in [7, 11) is 0. The lowest BCUT2D eigenvalue weighted by atomic mass is 10.0. The minimum atomic E-state index is -1.06. The van der Waals surface area contributed by atoms with Crippen LogP contribution in [0.15, 0.2) is 67.9 Å². The number of aromatic hydroxyl groups is 1. The molecule has 0 aliphatic carbocycles. The highest BCUT2D eigenvalue weighted by Gasteiger charge is 2.68. The molecule has 0 radical (unpaired) electrons. The number of ether oxygens (including phenoxy) is 3. The molecule has 0 aromatic heterocycles. The lowest BCUT2D eigenvalue weighted by Gasteiger charge is -2.34. The van der Waals surface area contributed by atoms with E-state index in [1.807, 2.05) is 29.2 Å². The number of hydrogen-bond acceptors (Lipinski definition) is 8. The number of carbonyl (C=O) groups excluding carboxylic acids is 1. The van der Waals surface area contributed by atoms with Gasteiger partial charge in [-0.3, -0.25) is 4.79 Å². The van der Waals surface area contributed by atoms with E-state index in [1.54, 1.807) is 41.7 Å². The molecular formula is C21H17NO5S2. The van der Waals surface area contributed by atoms with Gasteiger partial charge in [0.2, 0.25) is 0 Å². The minimum absolute atomic E-state index is 0.0610. The first kappa shape index (κ1) is 17.7. The van der Waals surface area contributed by atoms with Crippen LogP contribution in [-0.4, -0.2) is 48.2 Å². The van der Waals surface area contributed by atoms with E-state index in [0.29, 0.717) is 32.2 Å². The molecule has 4 heterocycles. The summed E-state index contributed by atoms with van der Waals surface area (Å²) in [6, 6.07) is 11.4. The van der Waals surface area contributed by atoms with Crippen LogP contribution in [-0.2, 0) is 24.8 Å². The second kappa shape index (κ2) is 6.43. The Balaban J connectivity index is 1.38. The Hall–Kier alpha value is -2.13. The van der Waals surface area contributed by atoms with Gasteiger partial charge in [-0.2, -0.15) is 0 Å². The summed E-state index contributed by atoms with van der Waals surface area (Å²) in [4.78, 5) is 18.9. The van der Waals surface area contributed by atoms with Crippen LogP contribution in [0.25, 0.3) is 0 Å². The summed E-state index contributed by atoms with van der Waals surface area (Å²) in [6.07, 6.45) is 0.946. The summed E-state index contributed by atoms with van der Waals surface area (Å²) in [6.45, 7) is 2.61. The predicted octanol–water partition coefficient (Wildman–Crippen LogP) is 3.33. The fraction of sp³-hybridized carbons (Fsp3) is 0.286. The van der Waals surface area contributed by atoms with Gasteiger partial charge >= 0.3 is 0 Å². The molecule has 0 bridgehead atoms. The lowest BCUT2D eigenvalue weighted by molar-refractivity contribution is -0.118. The van der Waals surface area contributed by atoms with Crippen molar-refractivity contribution in [3.63, 3.8) is 0 Å². The van der Waals surface area contributed by atoms with E-state index in [-0.39, 0.29) is 11.5 Å². The number of ketones is 1. The zero-order valence-corrected chi connectivity index (χ0v) is 16.9. The summed E-state index contributed by atoms with van der Waals surface area (Å²) in [5.74, 6) is -0.313. The summed E-state index contributed by atoms with van der Waals surface area (Å²) < 4.78 is 17.7. The van der Waals surface area contributed by atoms with Gasteiger partial charge in [0.1, 0.15) is 5.75 Å². The molecule has 2 aromatic rings. The quantitative estimate of drug-likeness (QED) is 0.625. The lowest BCUT2D eigenvalue weighted by Crippen LogP contribution is -2.40. The summed E-state index contributed by atoms with van der Waals surface area (Å²) in [5, 5.41) is 9.80. The number of hydrogen-bond donors (Lipinski definition) is 1. The van der Waals surface area contributed by atoms with Crippen LogP contribution in [0.1, 0.15) is 5.56 Å². The average Bonchev–Trinajstić information content (AvgIpc) is 3.49. The van der Waals surface area contributed by atoms with Gasteiger partial charge in [0.15, 0.2) is 17.8 Å². The zero-order chi connectivity index (χ0) is 19.6. The van der Waals surface area contributed by atoms with Gasteiger partial charge in [-0.15, -0.1) is 0 Å². The van der Waals surface area contributed by atoms with E-state index in [1.165, 1.54) is 0 Å². The van der Waals surface area contributed by atoms with Crippen molar-refractivity contribution in [1.29, 1.82) is 0 Å². The molecule has 148 valence electrons. The van der Waals surface area contributed by atoms with E-state index in [2.05, 4.69) is 0 Å². The molecule has 2 unspecified atom stereocenters. The minimum Gasteiger partial charge on any atom is -0.508 e. The number of phenolic OH excluding ortho intramolecular Hbond substituents is 1. The highest BCUT2D eigenvalue weighted by Crippen LogP contribution is 2.59. The van der Waals surface area contributed by atoms with E-state index < -0.39 is 11.9 Å². The Morgan fingerprint density at radius 2 is 1.93 bits per heavy atom. The number of rotatable bonds is 2.